The molecule has 144 valence electrons. The van der Waals surface area contributed by atoms with Crippen LogP contribution in [0.25, 0.3) is 27.7 Å². The van der Waals surface area contributed by atoms with E-state index in [1.807, 2.05) is 0 Å². The average molecular weight is 413 g/mol. The molecule has 0 saturated carbocycles. The first-order valence-electron chi connectivity index (χ1n) is 8.60. The van der Waals surface area contributed by atoms with Gasteiger partial charge in [0.25, 0.3) is 5.56 Å². The first-order chi connectivity index (χ1) is 14.0. The van der Waals surface area contributed by atoms with Gasteiger partial charge in [0.05, 0.1) is 11.1 Å². The van der Waals surface area contributed by atoms with E-state index in [2.05, 4.69) is 5.10 Å². The SMILES string of the molecule is O=c1c2ccccc2c(-c2cc3c(c(F)c2F)OCO3)nn1-c1ccc(Cl)cc1. The molecule has 0 saturated heterocycles. The molecular weight excluding hydrogens is 402 g/mol. The fourth-order valence-electron chi connectivity index (χ4n) is 3.30. The van der Waals surface area contributed by atoms with Crippen molar-refractivity contribution >= 4 is 22.4 Å². The van der Waals surface area contributed by atoms with Crippen molar-refractivity contribution in [1.82, 2.24) is 9.78 Å². The molecule has 29 heavy (non-hydrogen) atoms. The van der Waals surface area contributed by atoms with Gasteiger partial charge in [-0.05, 0) is 36.4 Å². The van der Waals surface area contributed by atoms with Gasteiger partial charge in [-0.2, -0.15) is 14.2 Å². The van der Waals surface area contributed by atoms with Crippen molar-refractivity contribution in [2.75, 3.05) is 6.79 Å². The topological polar surface area (TPSA) is 53.4 Å². The van der Waals surface area contributed by atoms with Crippen LogP contribution in [-0.2, 0) is 0 Å². The molecule has 0 fully saturated rings. The first kappa shape index (κ1) is 17.6. The molecule has 0 unspecified atom stereocenters. The molecule has 1 aliphatic heterocycles. The second-order valence-electron chi connectivity index (χ2n) is 6.37. The summed E-state index contributed by atoms with van der Waals surface area (Å²) < 4.78 is 40.7. The van der Waals surface area contributed by atoms with Crippen molar-refractivity contribution < 1.29 is 18.3 Å². The quantitative estimate of drug-likeness (QED) is 0.478. The van der Waals surface area contributed by atoms with Crippen LogP contribution in [0.15, 0.2) is 59.4 Å². The minimum atomic E-state index is -1.16. The van der Waals surface area contributed by atoms with E-state index in [1.54, 1.807) is 48.5 Å². The smallest absolute Gasteiger partial charge is 0.279 e. The molecule has 5 rings (SSSR count). The summed E-state index contributed by atoms with van der Waals surface area (Å²) in [7, 11) is 0. The van der Waals surface area contributed by atoms with E-state index < -0.39 is 17.2 Å². The van der Waals surface area contributed by atoms with Gasteiger partial charge >= 0.3 is 0 Å². The fraction of sp³-hybridized carbons (Fsp3) is 0.0476. The summed E-state index contributed by atoms with van der Waals surface area (Å²) in [6.45, 7) is -0.201. The van der Waals surface area contributed by atoms with Gasteiger partial charge in [-0.1, -0.05) is 29.8 Å². The Bertz CT molecular complexity index is 1340. The number of nitrogens with zero attached hydrogens (tertiary/aromatic N) is 2. The van der Waals surface area contributed by atoms with Crippen LogP contribution in [0.1, 0.15) is 0 Å². The number of benzene rings is 3. The monoisotopic (exact) mass is 412 g/mol. The number of fused-ring (bicyclic) bond motifs is 2. The maximum atomic E-state index is 14.9. The molecule has 0 aliphatic carbocycles. The van der Waals surface area contributed by atoms with Crippen molar-refractivity contribution in [2.24, 2.45) is 0 Å². The Hall–Kier alpha value is -3.45. The Morgan fingerprint density at radius 2 is 1.69 bits per heavy atom. The molecule has 0 spiro atoms. The Morgan fingerprint density at radius 3 is 2.45 bits per heavy atom. The summed E-state index contributed by atoms with van der Waals surface area (Å²) in [4.78, 5) is 13.0. The van der Waals surface area contributed by atoms with Gasteiger partial charge in [0.1, 0.15) is 5.69 Å². The zero-order chi connectivity index (χ0) is 20.1. The Balaban J connectivity index is 1.85. The number of halogens is 3. The first-order valence-corrected chi connectivity index (χ1v) is 8.98. The molecule has 0 N–H and O–H groups in total. The van der Waals surface area contributed by atoms with Gasteiger partial charge in [0.2, 0.25) is 18.4 Å². The summed E-state index contributed by atoms with van der Waals surface area (Å²) in [5, 5.41) is 5.55. The van der Waals surface area contributed by atoms with E-state index >= 15 is 0 Å². The molecule has 0 atom stereocenters. The molecule has 3 aromatic carbocycles. The van der Waals surface area contributed by atoms with E-state index in [-0.39, 0.29) is 29.5 Å². The van der Waals surface area contributed by atoms with E-state index in [4.69, 9.17) is 21.1 Å². The number of aromatic nitrogens is 2. The second kappa shape index (κ2) is 6.56. The number of hydrogen-bond donors (Lipinski definition) is 0. The van der Waals surface area contributed by atoms with Gasteiger partial charge in [0, 0.05) is 16.0 Å². The lowest BCUT2D eigenvalue weighted by atomic mass is 10.0. The van der Waals surface area contributed by atoms with Crippen LogP contribution in [0.5, 0.6) is 11.5 Å². The van der Waals surface area contributed by atoms with E-state index in [1.165, 1.54) is 6.07 Å². The van der Waals surface area contributed by atoms with Crippen LogP contribution in [0.2, 0.25) is 5.02 Å². The maximum Gasteiger partial charge on any atom is 0.279 e. The third kappa shape index (κ3) is 2.74. The van der Waals surface area contributed by atoms with Gasteiger partial charge in [-0.25, -0.2) is 4.39 Å². The minimum Gasteiger partial charge on any atom is -0.453 e. The molecule has 1 aliphatic rings. The molecule has 1 aromatic heterocycles. The van der Waals surface area contributed by atoms with E-state index in [9.17, 15) is 13.6 Å². The Morgan fingerprint density at radius 1 is 0.966 bits per heavy atom. The normalized spacial score (nSPS) is 12.5. The van der Waals surface area contributed by atoms with Gasteiger partial charge in [-0.3, -0.25) is 4.79 Å². The van der Waals surface area contributed by atoms with E-state index in [0.717, 1.165) is 4.68 Å². The minimum absolute atomic E-state index is 0.0778. The van der Waals surface area contributed by atoms with Crippen molar-refractivity contribution in [3.8, 4) is 28.4 Å². The fourth-order valence-corrected chi connectivity index (χ4v) is 3.42. The predicted octanol–water partition coefficient (Wildman–Crippen LogP) is 4.71. The van der Waals surface area contributed by atoms with Crippen molar-refractivity contribution in [3.05, 3.63) is 81.6 Å². The van der Waals surface area contributed by atoms with Gasteiger partial charge in [0.15, 0.2) is 11.6 Å². The van der Waals surface area contributed by atoms with Crippen molar-refractivity contribution in [2.45, 2.75) is 0 Å². The Kier molecular flexibility index (Phi) is 3.99. The summed E-state index contributed by atoms with van der Waals surface area (Å²) in [5.74, 6) is -2.49. The van der Waals surface area contributed by atoms with Crippen LogP contribution in [0.3, 0.4) is 0 Å². The molecule has 0 radical (unpaired) electrons. The third-order valence-corrected chi connectivity index (χ3v) is 4.93. The number of hydrogen-bond acceptors (Lipinski definition) is 4. The highest BCUT2D eigenvalue weighted by molar-refractivity contribution is 6.30. The lowest BCUT2D eigenvalue weighted by Gasteiger charge is -2.13. The Labute approximate surface area is 167 Å². The van der Waals surface area contributed by atoms with Crippen molar-refractivity contribution in [1.29, 1.82) is 0 Å². The lowest BCUT2D eigenvalue weighted by molar-refractivity contribution is 0.170. The van der Waals surface area contributed by atoms with Gasteiger partial charge in [-0.15, -0.1) is 0 Å². The maximum absolute atomic E-state index is 14.9. The second-order valence-corrected chi connectivity index (χ2v) is 6.81. The van der Waals surface area contributed by atoms with Crippen LogP contribution in [-0.4, -0.2) is 16.6 Å². The summed E-state index contributed by atoms with van der Waals surface area (Å²) >= 11 is 5.93. The molecule has 0 amide bonds. The number of rotatable bonds is 2. The molecule has 2 heterocycles. The molecular formula is C21H11ClF2N2O3. The van der Waals surface area contributed by atoms with Crippen LogP contribution in [0, 0.1) is 11.6 Å². The van der Waals surface area contributed by atoms with Crippen molar-refractivity contribution in [3.63, 3.8) is 0 Å². The zero-order valence-corrected chi connectivity index (χ0v) is 15.4. The molecule has 5 nitrogen and oxygen atoms in total. The lowest BCUT2D eigenvalue weighted by Crippen LogP contribution is -2.22. The molecule has 0 bridgehead atoms. The highest BCUT2D eigenvalue weighted by Gasteiger charge is 2.27. The van der Waals surface area contributed by atoms with Gasteiger partial charge < -0.3 is 9.47 Å². The third-order valence-electron chi connectivity index (χ3n) is 4.68. The summed E-state index contributed by atoms with van der Waals surface area (Å²) in [6.07, 6.45) is 0. The summed E-state index contributed by atoms with van der Waals surface area (Å²) in [5.41, 5.74) is 0.0110. The van der Waals surface area contributed by atoms with Crippen LogP contribution in [0.4, 0.5) is 8.78 Å². The van der Waals surface area contributed by atoms with Crippen LogP contribution < -0.4 is 15.0 Å². The number of ether oxygens (including phenoxy) is 2. The molecule has 8 heteroatoms. The zero-order valence-electron chi connectivity index (χ0n) is 14.7. The predicted molar refractivity (Wildman–Crippen MR) is 104 cm³/mol. The van der Waals surface area contributed by atoms with E-state index in [0.29, 0.717) is 21.5 Å². The highest BCUT2D eigenvalue weighted by Crippen LogP contribution is 2.41. The summed E-state index contributed by atoms with van der Waals surface area (Å²) in [6, 6.07) is 14.4. The highest BCUT2D eigenvalue weighted by atomic mass is 35.5. The van der Waals surface area contributed by atoms with Crippen LogP contribution >= 0.6 is 11.6 Å². The average Bonchev–Trinajstić information content (AvgIpc) is 3.21. The largest absolute Gasteiger partial charge is 0.453 e. The molecule has 4 aromatic rings. The standard InChI is InChI=1S/C21H11ClF2N2O3/c22-11-5-7-12(8-6-11)26-21(27)14-4-2-1-3-13(14)19(25-26)15-9-16-20(29-10-28-16)18(24)17(15)23/h1-9H,10H2.